The smallest absolute Gasteiger partial charge is 0.475 e. The molecule has 2 fully saturated rings. The Morgan fingerprint density at radius 2 is 1.47 bits per heavy atom. The Labute approximate surface area is 385 Å². The molecule has 66 heavy (non-hydrogen) atoms. The van der Waals surface area contributed by atoms with E-state index >= 15 is 0 Å². The topological polar surface area (TPSA) is 179 Å². The molecule has 356 valence electrons. The number of carboxylic acids is 1. The number of ether oxygens (including phenoxy) is 1. The van der Waals surface area contributed by atoms with Gasteiger partial charge in [-0.05, 0) is 164 Å². The fraction of sp³-hybridized carbons (Fsp3) is 0.520. The van der Waals surface area contributed by atoms with Crippen LogP contribution in [0.3, 0.4) is 0 Å². The predicted molar refractivity (Wildman–Crippen MR) is 247 cm³/mol. The lowest BCUT2D eigenvalue weighted by Crippen LogP contribution is -2.38. The Hall–Kier alpha value is -5.77. The number of Topliss-reactive ketones (excluding diaryl/α,β-unsaturated/α-hetero) is 2. The van der Waals surface area contributed by atoms with Crippen molar-refractivity contribution in [1.82, 2.24) is 10.2 Å². The van der Waals surface area contributed by atoms with Crippen LogP contribution in [0, 0.1) is 30.6 Å². The number of likely N-dealkylation sites (tertiary alicyclic amines) is 1. The first-order valence-electron chi connectivity index (χ1n) is 22.7. The van der Waals surface area contributed by atoms with Gasteiger partial charge in [-0.2, -0.15) is 18.3 Å². The van der Waals surface area contributed by atoms with Gasteiger partial charge in [-0.3, -0.25) is 14.4 Å². The van der Waals surface area contributed by atoms with E-state index in [9.17, 15) is 32.3 Å². The zero-order valence-corrected chi connectivity index (χ0v) is 38.7. The second-order valence-corrected chi connectivity index (χ2v) is 18.8. The molecule has 16 heteroatoms. The second kappa shape index (κ2) is 23.1. The first kappa shape index (κ1) is 51.2. The summed E-state index contributed by atoms with van der Waals surface area (Å²) in [5, 5.41) is 21.0. The molecule has 2 heterocycles. The van der Waals surface area contributed by atoms with Gasteiger partial charge < -0.3 is 25.4 Å². The van der Waals surface area contributed by atoms with Crippen LogP contribution in [-0.4, -0.2) is 89.5 Å². The monoisotopic (exact) mass is 916 g/mol. The van der Waals surface area contributed by atoms with E-state index < -0.39 is 29.8 Å². The Morgan fingerprint density at radius 3 is 2.02 bits per heavy atom. The number of alkyl halides is 3. The number of piperidine rings is 1. The fourth-order valence-electron chi connectivity index (χ4n) is 8.54. The summed E-state index contributed by atoms with van der Waals surface area (Å²) in [4.78, 5) is 68.9. The van der Waals surface area contributed by atoms with E-state index in [1.165, 1.54) is 0 Å². The lowest BCUT2D eigenvalue weighted by atomic mass is 9.77. The van der Waals surface area contributed by atoms with Gasteiger partial charge in [0.05, 0.1) is 0 Å². The number of hydrogen-bond acceptors (Lipinski definition) is 10. The molecular weight excluding hydrogens is 854 g/mol. The average molecular weight is 917 g/mol. The number of aryl methyl sites for hydroxylation is 1. The van der Waals surface area contributed by atoms with Gasteiger partial charge in [0, 0.05) is 54.1 Å². The van der Waals surface area contributed by atoms with Gasteiger partial charge in [0.2, 0.25) is 5.91 Å². The minimum Gasteiger partial charge on any atom is -0.475 e. The van der Waals surface area contributed by atoms with Crippen molar-refractivity contribution >= 4 is 41.1 Å². The number of benzene rings is 3. The molecule has 13 nitrogen and oxygen atoms in total. The molecule has 0 unspecified atom stereocenters. The maximum atomic E-state index is 14.0. The minimum atomic E-state index is -5.08. The molecule has 1 saturated heterocycles. The molecule has 0 aromatic heterocycles. The number of nitrogens with zero attached hydrogens (tertiary/aromatic N) is 4. The SMILES string of the molecule is Cc1cc(C(=O)CC2CCN(C(C)C)CC2)ccc1-c1ccc(C[C@H](CC(=O)C2CCC(CNC(=O)OC(C)(C)C)CC2)C(=O)Nc2ccc(C3=NCN=N3)cc2)cc1.O=C(O)C(F)(F)F. The van der Waals surface area contributed by atoms with Gasteiger partial charge in [-0.25, -0.2) is 14.6 Å². The largest absolute Gasteiger partial charge is 0.490 e. The van der Waals surface area contributed by atoms with Crippen molar-refractivity contribution in [1.29, 1.82) is 0 Å². The van der Waals surface area contributed by atoms with Crippen LogP contribution in [0.25, 0.3) is 11.1 Å². The Morgan fingerprint density at radius 1 is 0.848 bits per heavy atom. The van der Waals surface area contributed by atoms with Gasteiger partial charge in [0.25, 0.3) is 0 Å². The number of carbonyl (C=O) groups excluding carboxylic acids is 4. The van der Waals surface area contributed by atoms with Gasteiger partial charge in [-0.1, -0.05) is 36.4 Å². The maximum absolute atomic E-state index is 14.0. The summed E-state index contributed by atoms with van der Waals surface area (Å²) in [7, 11) is 0. The molecule has 0 bridgehead atoms. The first-order chi connectivity index (χ1) is 31.1. The molecule has 0 radical (unpaired) electrons. The number of anilines is 1. The average Bonchev–Trinajstić information content (AvgIpc) is 3.81. The van der Waals surface area contributed by atoms with Crippen LogP contribution in [0.5, 0.6) is 0 Å². The normalized spacial score (nSPS) is 18.4. The van der Waals surface area contributed by atoms with E-state index in [1.807, 2.05) is 75.4 Å². The number of amides is 2. The summed E-state index contributed by atoms with van der Waals surface area (Å²) in [6, 6.07) is 22.1. The number of rotatable bonds is 15. The van der Waals surface area contributed by atoms with E-state index in [2.05, 4.69) is 63.7 Å². The number of azo groups is 1. The van der Waals surface area contributed by atoms with Gasteiger partial charge in [0.15, 0.2) is 18.3 Å². The molecule has 3 aliphatic rings. The van der Waals surface area contributed by atoms with Crippen LogP contribution < -0.4 is 10.6 Å². The molecule has 1 saturated carbocycles. The number of halogens is 3. The second-order valence-electron chi connectivity index (χ2n) is 18.8. The minimum absolute atomic E-state index is 0.103. The maximum Gasteiger partial charge on any atom is 0.490 e. The van der Waals surface area contributed by atoms with E-state index in [4.69, 9.17) is 14.6 Å². The zero-order valence-electron chi connectivity index (χ0n) is 38.7. The van der Waals surface area contributed by atoms with Crippen molar-refractivity contribution in [2.45, 2.75) is 117 Å². The number of aliphatic imine (C=N–C) groups is 1. The molecular formula is C50H63F3N6O7. The highest BCUT2D eigenvalue weighted by Gasteiger charge is 2.38. The molecule has 1 atom stereocenters. The molecule has 0 spiro atoms. The Balaban J connectivity index is 0.00000108. The lowest BCUT2D eigenvalue weighted by molar-refractivity contribution is -0.192. The van der Waals surface area contributed by atoms with Crippen LogP contribution in [0.4, 0.5) is 23.7 Å². The number of ketones is 2. The van der Waals surface area contributed by atoms with Crippen LogP contribution >= 0.6 is 0 Å². The third-order valence-electron chi connectivity index (χ3n) is 12.3. The highest BCUT2D eigenvalue weighted by molar-refractivity contribution is 6.01. The molecule has 3 aromatic carbocycles. The van der Waals surface area contributed by atoms with Crippen molar-refractivity contribution in [3.05, 3.63) is 89.0 Å². The summed E-state index contributed by atoms with van der Waals surface area (Å²) >= 11 is 0. The van der Waals surface area contributed by atoms with Crippen molar-refractivity contribution < 1.29 is 47.0 Å². The fourth-order valence-corrected chi connectivity index (χ4v) is 8.54. The third-order valence-corrected chi connectivity index (χ3v) is 12.3. The number of carbonyl (C=O) groups is 5. The third kappa shape index (κ3) is 15.7. The number of nitrogens with one attached hydrogen (secondary N) is 2. The van der Waals surface area contributed by atoms with E-state index in [0.717, 1.165) is 85.0 Å². The quantitative estimate of drug-likeness (QED) is 0.126. The van der Waals surface area contributed by atoms with Crippen molar-refractivity contribution in [3.63, 3.8) is 0 Å². The number of carboxylic acid groups (broad SMARTS) is 1. The zero-order chi connectivity index (χ0) is 48.2. The highest BCUT2D eigenvalue weighted by Crippen LogP contribution is 2.33. The van der Waals surface area contributed by atoms with Gasteiger partial charge >= 0.3 is 18.2 Å². The summed E-state index contributed by atoms with van der Waals surface area (Å²) in [6.45, 7) is 15.0. The summed E-state index contributed by atoms with van der Waals surface area (Å²) in [6.07, 6.45) is 0.886. The van der Waals surface area contributed by atoms with Crippen molar-refractivity contribution in [3.8, 4) is 11.1 Å². The number of alkyl carbamates (subject to hydrolysis) is 1. The lowest BCUT2D eigenvalue weighted by Gasteiger charge is -2.34. The first-order valence-corrected chi connectivity index (χ1v) is 22.7. The van der Waals surface area contributed by atoms with E-state index in [-0.39, 0.29) is 35.7 Å². The molecule has 6 rings (SSSR count). The number of amidine groups is 1. The Kier molecular flexibility index (Phi) is 17.9. The van der Waals surface area contributed by atoms with E-state index in [0.29, 0.717) is 49.5 Å². The summed E-state index contributed by atoms with van der Waals surface area (Å²) < 4.78 is 37.1. The van der Waals surface area contributed by atoms with Crippen LogP contribution in [-0.2, 0) is 25.5 Å². The van der Waals surface area contributed by atoms with E-state index in [1.54, 1.807) is 0 Å². The van der Waals surface area contributed by atoms with Crippen molar-refractivity contribution in [2.24, 2.45) is 38.9 Å². The number of aliphatic carboxylic acids is 1. The van der Waals surface area contributed by atoms with Crippen molar-refractivity contribution in [2.75, 3.05) is 31.6 Å². The van der Waals surface area contributed by atoms with Crippen LogP contribution in [0.15, 0.2) is 82.0 Å². The number of hydrogen-bond donors (Lipinski definition) is 3. The summed E-state index contributed by atoms with van der Waals surface area (Å²) in [5.41, 5.74) is 5.78. The standard InChI is InChI=1S/C48H62N6O5.C2HF3O2/c1-31(2)54-23-21-34(22-24-54)27-43(55)39-17-20-42(32(3)25-39)36-11-7-33(8-12-36)26-40(46(57)52-41-18-15-38(16-19-41)45-50-30-51-53-45)28-44(56)37-13-9-35(10-14-37)29-49-47(58)59-48(4,5)6;3-2(4,5)1(6)7/h7-8,11-12,15-20,25,31,34-35,37,40H,9-10,13-14,21-24,26-30H2,1-6H3,(H,49,58)(H,52,57);(H,6,7)/t35?,37?,40-;/m1./s1. The molecule has 2 amide bonds. The molecule has 1 aliphatic carbocycles. The molecule has 2 aliphatic heterocycles. The summed E-state index contributed by atoms with van der Waals surface area (Å²) in [5.74, 6) is -2.06. The molecule has 3 aromatic rings. The van der Waals surface area contributed by atoms with Gasteiger partial charge in [0.1, 0.15) is 11.4 Å². The van der Waals surface area contributed by atoms with Crippen LogP contribution in [0.1, 0.15) is 113 Å². The molecule has 3 N–H and O–H groups in total. The van der Waals surface area contributed by atoms with Gasteiger partial charge in [-0.15, -0.1) is 5.11 Å². The Bertz CT molecular complexity index is 2220. The predicted octanol–water partition coefficient (Wildman–Crippen LogP) is 10.2. The van der Waals surface area contributed by atoms with Crippen LogP contribution in [0.2, 0.25) is 0 Å². The highest BCUT2D eigenvalue weighted by atomic mass is 19.4.